The quantitative estimate of drug-likeness (QED) is 0.469. The summed E-state index contributed by atoms with van der Waals surface area (Å²) in [5.41, 5.74) is 4.96. The molecule has 0 aliphatic heterocycles. The van der Waals surface area contributed by atoms with Crippen LogP contribution in [0.3, 0.4) is 0 Å². The number of hydrogen-bond donors (Lipinski definition) is 0. The summed E-state index contributed by atoms with van der Waals surface area (Å²) in [7, 11) is 0. The van der Waals surface area contributed by atoms with E-state index >= 15 is 0 Å². The van der Waals surface area contributed by atoms with Gasteiger partial charge in [0.25, 0.3) is 0 Å². The van der Waals surface area contributed by atoms with E-state index in [1.54, 1.807) is 0 Å². The van der Waals surface area contributed by atoms with Crippen molar-refractivity contribution in [2.24, 2.45) is 0 Å². The van der Waals surface area contributed by atoms with E-state index < -0.39 is 0 Å². The number of rotatable bonds is 3. The van der Waals surface area contributed by atoms with Crippen LogP contribution in [0.25, 0.3) is 0 Å². The third-order valence-corrected chi connectivity index (χ3v) is 1.78. The molecule has 0 rings (SSSR count). The third kappa shape index (κ3) is 13.0. The number of hydrogen-bond acceptors (Lipinski definition) is 0. The molecule has 0 unspecified atom stereocenters. The molecule has 0 heterocycles. The van der Waals surface area contributed by atoms with Crippen molar-refractivity contribution >= 4 is 0 Å². The summed E-state index contributed by atoms with van der Waals surface area (Å²) in [5, 5.41) is 0. The first kappa shape index (κ1) is 25.7. The summed E-state index contributed by atoms with van der Waals surface area (Å²) in [6.45, 7) is 27.9. The molecule has 0 nitrogen and oxygen atoms in total. The van der Waals surface area contributed by atoms with E-state index in [-0.39, 0.29) is 0 Å². The van der Waals surface area contributed by atoms with Crippen LogP contribution in [0.5, 0.6) is 0 Å². The van der Waals surface area contributed by atoms with Gasteiger partial charge in [0.2, 0.25) is 0 Å². The third-order valence-electron chi connectivity index (χ3n) is 1.78. The van der Waals surface area contributed by atoms with Gasteiger partial charge >= 0.3 is 0 Å². The van der Waals surface area contributed by atoms with Gasteiger partial charge in [-0.3, -0.25) is 0 Å². The monoisotopic (exact) mass is 252 g/mol. The van der Waals surface area contributed by atoms with Gasteiger partial charge in [-0.25, -0.2) is 0 Å². The molecule has 0 spiro atoms. The van der Waals surface area contributed by atoms with Gasteiger partial charge in [0.05, 0.1) is 0 Å². The van der Waals surface area contributed by atoms with Gasteiger partial charge in [-0.15, -0.1) is 0 Å². The topological polar surface area (TPSA) is 0 Å². The van der Waals surface area contributed by atoms with E-state index in [1.807, 2.05) is 53.7 Å². The van der Waals surface area contributed by atoms with E-state index in [0.29, 0.717) is 0 Å². The maximum absolute atomic E-state index is 3.79. The minimum absolute atomic E-state index is 1.20. The van der Waals surface area contributed by atoms with Gasteiger partial charge < -0.3 is 0 Å². The van der Waals surface area contributed by atoms with Gasteiger partial charge in [-0.05, 0) is 38.8 Å². The van der Waals surface area contributed by atoms with Crippen LogP contribution in [0.2, 0.25) is 0 Å². The van der Waals surface area contributed by atoms with Crippen LogP contribution in [0.15, 0.2) is 47.6 Å². The predicted octanol–water partition coefficient (Wildman–Crippen LogP) is 7.11. The summed E-state index contributed by atoms with van der Waals surface area (Å²) >= 11 is 0. The van der Waals surface area contributed by atoms with Crippen molar-refractivity contribution in [1.82, 2.24) is 0 Å². The highest BCUT2D eigenvalue weighted by molar-refractivity contribution is 5.49. The molecular weight excluding hydrogens is 216 g/mol. The molecule has 0 heteroatoms. The van der Waals surface area contributed by atoms with Crippen LogP contribution in [0, 0.1) is 0 Å². The maximum Gasteiger partial charge on any atom is -0.0204 e. The Hall–Kier alpha value is -1.04. The lowest BCUT2D eigenvalue weighted by Crippen LogP contribution is -1.88. The van der Waals surface area contributed by atoms with E-state index in [9.17, 15) is 0 Å². The average molecular weight is 252 g/mol. The fourth-order valence-electron chi connectivity index (χ4n) is 1.17. The minimum atomic E-state index is 1.20. The van der Waals surface area contributed by atoms with Gasteiger partial charge in [0, 0.05) is 0 Å². The van der Waals surface area contributed by atoms with Crippen molar-refractivity contribution in [3.63, 3.8) is 0 Å². The van der Waals surface area contributed by atoms with E-state index in [1.165, 1.54) is 22.3 Å². The zero-order chi connectivity index (χ0) is 15.7. The van der Waals surface area contributed by atoms with Crippen molar-refractivity contribution in [2.75, 3.05) is 0 Å². The smallest absolute Gasteiger partial charge is 0.0204 e. The molecule has 0 aliphatic rings. The second-order valence-corrected chi connectivity index (χ2v) is 3.24. The fourth-order valence-corrected chi connectivity index (χ4v) is 1.17. The molecule has 108 valence electrons. The van der Waals surface area contributed by atoms with Crippen LogP contribution in [0.4, 0.5) is 0 Å². The lowest BCUT2D eigenvalue weighted by Gasteiger charge is -2.08. The van der Waals surface area contributed by atoms with Gasteiger partial charge in [-0.2, -0.15) is 0 Å². The Balaban J connectivity index is -0.000000141. The predicted molar refractivity (Wildman–Crippen MR) is 91.2 cm³/mol. The first-order valence-corrected chi connectivity index (χ1v) is 7.14. The summed E-state index contributed by atoms with van der Waals surface area (Å²) in [4.78, 5) is 0. The highest BCUT2D eigenvalue weighted by Crippen LogP contribution is 2.19. The Morgan fingerprint density at radius 1 is 0.556 bits per heavy atom. The second kappa shape index (κ2) is 21.3. The van der Waals surface area contributed by atoms with Gasteiger partial charge in [0.15, 0.2) is 0 Å². The molecule has 18 heavy (non-hydrogen) atoms. The van der Waals surface area contributed by atoms with Crippen LogP contribution in [0.1, 0.15) is 69.2 Å². The molecule has 0 amide bonds. The van der Waals surface area contributed by atoms with E-state index in [4.69, 9.17) is 0 Å². The van der Waals surface area contributed by atoms with Gasteiger partial charge in [0.1, 0.15) is 0 Å². The molecular formula is C18H36. The van der Waals surface area contributed by atoms with Crippen molar-refractivity contribution in [2.45, 2.75) is 69.2 Å². The Morgan fingerprint density at radius 2 is 0.722 bits per heavy atom. The van der Waals surface area contributed by atoms with Crippen molar-refractivity contribution < 1.29 is 0 Å². The number of allylic oxidation sites excluding steroid dienone is 6. The highest BCUT2D eigenvalue weighted by Gasteiger charge is 2.00. The summed E-state index contributed by atoms with van der Waals surface area (Å²) in [6.07, 6.45) is 3.78. The molecule has 0 aromatic carbocycles. The Bertz CT molecular complexity index is 213. The molecule has 0 N–H and O–H groups in total. The first-order chi connectivity index (χ1) is 8.54. The van der Waals surface area contributed by atoms with E-state index in [2.05, 4.69) is 40.9 Å². The highest BCUT2D eigenvalue weighted by atomic mass is 14.1. The molecule has 0 aliphatic carbocycles. The maximum atomic E-state index is 3.79. The SMILES string of the molecule is C=CC(=C(C)C)C(C=C)=C(C)C.CC.CC.CC. The molecule has 0 bridgehead atoms. The standard InChI is InChI=1S/C12H18.3C2H6/c1-7-11(9(3)4)12(8-2)10(5)6;3*1-2/h7-8H,1-2H2,3-6H3;3*1-2H3. The first-order valence-electron chi connectivity index (χ1n) is 7.14. The molecule has 0 atom stereocenters. The molecule has 0 saturated heterocycles. The van der Waals surface area contributed by atoms with Crippen LogP contribution in [-0.4, -0.2) is 0 Å². The normalized spacial score (nSPS) is 6.78. The van der Waals surface area contributed by atoms with E-state index in [0.717, 1.165) is 0 Å². The zero-order valence-electron chi connectivity index (χ0n) is 14.6. The summed E-state index contributed by atoms with van der Waals surface area (Å²) in [6, 6.07) is 0. The van der Waals surface area contributed by atoms with Crippen LogP contribution < -0.4 is 0 Å². The van der Waals surface area contributed by atoms with Crippen molar-refractivity contribution in [3.05, 3.63) is 47.6 Å². The molecule has 0 aromatic rings. The fraction of sp³-hybridized carbons (Fsp3) is 0.556. The largest absolute Gasteiger partial charge is 0.0985 e. The second-order valence-electron chi connectivity index (χ2n) is 3.24. The lowest BCUT2D eigenvalue weighted by atomic mass is 9.98. The average Bonchev–Trinajstić information content (AvgIpc) is 2.41. The van der Waals surface area contributed by atoms with Gasteiger partial charge in [-0.1, -0.05) is 78.0 Å². The minimum Gasteiger partial charge on any atom is -0.0985 e. The Kier molecular flexibility index (Phi) is 30.4. The van der Waals surface area contributed by atoms with Crippen LogP contribution in [-0.2, 0) is 0 Å². The Labute approximate surface area is 117 Å². The molecule has 0 saturated carbocycles. The Morgan fingerprint density at radius 3 is 0.778 bits per heavy atom. The molecule has 0 aromatic heterocycles. The van der Waals surface area contributed by atoms with Crippen molar-refractivity contribution in [3.8, 4) is 0 Å². The summed E-state index contributed by atoms with van der Waals surface area (Å²) < 4.78 is 0. The molecule has 0 fully saturated rings. The van der Waals surface area contributed by atoms with Crippen LogP contribution >= 0.6 is 0 Å². The van der Waals surface area contributed by atoms with Crippen molar-refractivity contribution in [1.29, 1.82) is 0 Å². The summed E-state index contributed by atoms with van der Waals surface area (Å²) in [5.74, 6) is 0. The zero-order valence-corrected chi connectivity index (χ0v) is 14.6. The lowest BCUT2D eigenvalue weighted by molar-refractivity contribution is 1.26. The molecule has 0 radical (unpaired) electrons.